The van der Waals surface area contributed by atoms with Crippen molar-refractivity contribution in [3.63, 3.8) is 0 Å². The summed E-state index contributed by atoms with van der Waals surface area (Å²) in [6, 6.07) is 3.58. The van der Waals surface area contributed by atoms with Gasteiger partial charge < -0.3 is 20.8 Å². The number of aromatic nitrogens is 2. The van der Waals surface area contributed by atoms with E-state index in [1.54, 1.807) is 29.0 Å². The number of β-lactam (4-membered cyclic amide) rings is 1. The normalized spacial score (nSPS) is 18.9. The van der Waals surface area contributed by atoms with E-state index in [-0.39, 0.29) is 28.9 Å². The van der Waals surface area contributed by atoms with Gasteiger partial charge >= 0.3 is 11.9 Å². The number of nitrogens with two attached hydrogens (primary N) is 1. The molecule has 13 nitrogen and oxygen atoms in total. The predicted octanol–water partition coefficient (Wildman–Crippen LogP) is 0.477. The number of carboxylic acid groups (broad SMARTS) is 2. The van der Waals surface area contributed by atoms with Crippen LogP contribution in [0.4, 0.5) is 10.9 Å². The highest BCUT2D eigenvalue weighted by atomic mass is 32.2. The summed E-state index contributed by atoms with van der Waals surface area (Å²) >= 11 is 3.64. The van der Waals surface area contributed by atoms with Gasteiger partial charge in [-0.25, -0.2) is 14.6 Å². The van der Waals surface area contributed by atoms with Crippen LogP contribution in [-0.4, -0.2) is 80.8 Å². The molecule has 2 aromatic rings. The predicted molar refractivity (Wildman–Crippen MR) is 136 cm³/mol. The van der Waals surface area contributed by atoms with E-state index in [1.165, 1.54) is 40.9 Å². The smallest absolute Gasteiger partial charge is 0.370 e. The van der Waals surface area contributed by atoms with Gasteiger partial charge in [-0.05, 0) is 6.07 Å². The standard InChI is InChI=1S/C21H20N6O7S3/c1-34-23-6-14(28)27(13-10-37-21(22)24-13)17-11-8-35-12(18(20(32)33)26(11)19(17)31)9-36-15-4-2-3-5-25(15)7-16(29)30/h2-6,10-11,17H,7-9H2,1H3,(H3-,22,24,29,30,32,33)/p+1. The first-order valence-electron chi connectivity index (χ1n) is 10.6. The lowest BCUT2D eigenvalue weighted by molar-refractivity contribution is -0.722. The number of hydrogen-bond donors (Lipinski definition) is 3. The molecule has 0 aromatic carbocycles. The SMILES string of the molecule is CON=CC(=O)N(c1csc(N)n1)C1C(=O)N2C(C(=O)O)=C(CSc3cccc[n+]3CC(=O)O)SCC12. The van der Waals surface area contributed by atoms with Gasteiger partial charge in [0.05, 0.1) is 6.04 Å². The number of aliphatic carboxylic acids is 2. The Morgan fingerprint density at radius 2 is 2.19 bits per heavy atom. The summed E-state index contributed by atoms with van der Waals surface area (Å²) in [6.07, 6.45) is 2.53. The largest absolute Gasteiger partial charge is 0.477 e. The minimum atomic E-state index is -1.28. The van der Waals surface area contributed by atoms with Gasteiger partial charge in [-0.2, -0.15) is 4.57 Å². The third-order valence-electron chi connectivity index (χ3n) is 5.42. The van der Waals surface area contributed by atoms with Crippen molar-refractivity contribution >= 4 is 75.8 Å². The second-order valence-electron chi connectivity index (χ2n) is 7.63. The van der Waals surface area contributed by atoms with Gasteiger partial charge in [-0.1, -0.05) is 16.9 Å². The molecule has 0 bridgehead atoms. The molecule has 2 atom stereocenters. The lowest BCUT2D eigenvalue weighted by Gasteiger charge is -2.52. The average Bonchev–Trinajstić information content (AvgIpc) is 3.29. The van der Waals surface area contributed by atoms with Crippen molar-refractivity contribution in [2.24, 2.45) is 5.16 Å². The maximum Gasteiger partial charge on any atom is 0.370 e. The molecule has 2 amide bonds. The number of nitrogens with zero attached hydrogens (tertiary/aromatic N) is 5. The molecule has 4 heterocycles. The quantitative estimate of drug-likeness (QED) is 0.120. The van der Waals surface area contributed by atoms with Crippen LogP contribution in [0.2, 0.25) is 0 Å². The fourth-order valence-corrected chi connectivity index (χ4v) is 6.88. The molecule has 0 saturated carbocycles. The van der Waals surface area contributed by atoms with Crippen molar-refractivity contribution < 1.29 is 38.8 Å². The highest BCUT2D eigenvalue weighted by molar-refractivity contribution is 8.06. The molecule has 0 radical (unpaired) electrons. The summed E-state index contributed by atoms with van der Waals surface area (Å²) in [5.74, 6) is -2.82. The Hall–Kier alpha value is -3.63. The van der Waals surface area contributed by atoms with E-state index in [1.807, 2.05) is 0 Å². The zero-order valence-corrected chi connectivity index (χ0v) is 21.7. The number of rotatable bonds is 10. The van der Waals surface area contributed by atoms with Crippen LogP contribution < -0.4 is 15.2 Å². The lowest BCUT2D eigenvalue weighted by Crippen LogP contribution is -2.73. The van der Waals surface area contributed by atoms with Crippen LogP contribution in [0.1, 0.15) is 0 Å². The Kier molecular flexibility index (Phi) is 7.99. The second kappa shape index (κ2) is 11.2. The fraction of sp³-hybridized carbons (Fsp3) is 0.286. The number of amides is 2. The number of carboxylic acids is 2. The summed E-state index contributed by atoms with van der Waals surface area (Å²) in [5, 5.41) is 25.0. The minimum Gasteiger partial charge on any atom is -0.477 e. The molecule has 4 rings (SSSR count). The van der Waals surface area contributed by atoms with Crippen LogP contribution in [0.3, 0.4) is 0 Å². The number of carbonyl (C=O) groups excluding carboxylic acids is 2. The first-order chi connectivity index (χ1) is 17.7. The molecular formula is C21H21N6O7S3+. The molecule has 2 aliphatic heterocycles. The Morgan fingerprint density at radius 3 is 2.84 bits per heavy atom. The molecule has 1 saturated heterocycles. The highest BCUT2D eigenvalue weighted by Gasteiger charge is 2.57. The summed E-state index contributed by atoms with van der Waals surface area (Å²) < 4.78 is 1.54. The third-order valence-corrected chi connectivity index (χ3v) is 8.56. The molecule has 194 valence electrons. The molecule has 16 heteroatoms. The third kappa shape index (κ3) is 5.40. The summed E-state index contributed by atoms with van der Waals surface area (Å²) in [5.41, 5.74) is 5.57. The zero-order chi connectivity index (χ0) is 26.7. The van der Waals surface area contributed by atoms with Gasteiger partial charge in [0, 0.05) is 33.9 Å². The molecule has 37 heavy (non-hydrogen) atoms. The Labute approximate surface area is 222 Å². The van der Waals surface area contributed by atoms with Gasteiger partial charge in [-0.15, -0.1) is 23.1 Å². The van der Waals surface area contributed by atoms with Gasteiger partial charge in [0.2, 0.25) is 11.6 Å². The Balaban J connectivity index is 1.60. The summed E-state index contributed by atoms with van der Waals surface area (Å²) in [4.78, 5) is 61.1. The number of pyridine rings is 1. The van der Waals surface area contributed by atoms with Crippen LogP contribution in [0.5, 0.6) is 0 Å². The number of carbonyl (C=O) groups is 4. The zero-order valence-electron chi connectivity index (χ0n) is 19.2. The number of nitrogen functional groups attached to an aromatic ring is 1. The number of fused-ring (bicyclic) bond motifs is 1. The first kappa shape index (κ1) is 26.4. The van der Waals surface area contributed by atoms with E-state index >= 15 is 0 Å². The molecule has 4 N–H and O–H groups in total. The van der Waals surface area contributed by atoms with E-state index in [0.29, 0.717) is 15.7 Å². The van der Waals surface area contributed by atoms with Gasteiger partial charge in [0.15, 0.2) is 11.3 Å². The highest BCUT2D eigenvalue weighted by Crippen LogP contribution is 2.43. The van der Waals surface area contributed by atoms with E-state index in [9.17, 15) is 24.3 Å². The molecule has 0 aliphatic carbocycles. The Morgan fingerprint density at radius 1 is 1.41 bits per heavy atom. The fourth-order valence-electron chi connectivity index (χ4n) is 3.92. The van der Waals surface area contributed by atoms with Crippen molar-refractivity contribution in [1.82, 2.24) is 9.88 Å². The Bertz CT molecular complexity index is 1310. The van der Waals surface area contributed by atoms with Crippen molar-refractivity contribution in [1.29, 1.82) is 0 Å². The van der Waals surface area contributed by atoms with Crippen molar-refractivity contribution in [2.75, 3.05) is 29.2 Å². The summed E-state index contributed by atoms with van der Waals surface area (Å²) in [7, 11) is 1.27. The van der Waals surface area contributed by atoms with E-state index < -0.39 is 35.8 Å². The maximum absolute atomic E-state index is 13.3. The second-order valence-corrected chi connectivity index (χ2v) is 10.6. The topological polar surface area (TPSA) is 180 Å². The van der Waals surface area contributed by atoms with E-state index in [4.69, 9.17) is 10.8 Å². The monoisotopic (exact) mass is 565 g/mol. The van der Waals surface area contributed by atoms with Gasteiger partial charge in [-0.3, -0.25) is 19.4 Å². The lowest BCUT2D eigenvalue weighted by atomic mass is 9.93. The van der Waals surface area contributed by atoms with Gasteiger partial charge in [0.25, 0.3) is 11.8 Å². The number of hydrogen-bond acceptors (Lipinski definition) is 11. The van der Waals surface area contributed by atoms with Crippen molar-refractivity contribution in [3.8, 4) is 0 Å². The van der Waals surface area contributed by atoms with Crippen molar-refractivity contribution in [3.05, 3.63) is 40.4 Å². The molecule has 2 unspecified atom stereocenters. The van der Waals surface area contributed by atoms with E-state index in [2.05, 4.69) is 15.0 Å². The summed E-state index contributed by atoms with van der Waals surface area (Å²) in [6.45, 7) is -0.243. The van der Waals surface area contributed by atoms with Crippen LogP contribution in [0.25, 0.3) is 0 Å². The molecule has 1 fully saturated rings. The molecular weight excluding hydrogens is 544 g/mol. The number of anilines is 2. The first-order valence-corrected chi connectivity index (χ1v) is 13.4. The molecule has 2 aromatic heterocycles. The number of thioether (sulfide) groups is 2. The van der Waals surface area contributed by atoms with Crippen LogP contribution in [0.15, 0.2) is 50.6 Å². The number of oxime groups is 1. The van der Waals surface area contributed by atoms with Crippen molar-refractivity contribution in [2.45, 2.75) is 23.7 Å². The maximum atomic E-state index is 13.3. The van der Waals surface area contributed by atoms with E-state index in [0.717, 1.165) is 22.5 Å². The minimum absolute atomic E-state index is 0.160. The molecule has 2 aliphatic rings. The van der Waals surface area contributed by atoms with Crippen LogP contribution >= 0.6 is 34.9 Å². The average molecular weight is 566 g/mol. The molecule has 0 spiro atoms. The van der Waals surface area contributed by atoms with Gasteiger partial charge in [0.1, 0.15) is 30.9 Å². The van der Waals surface area contributed by atoms with Crippen LogP contribution in [0, 0.1) is 0 Å². The van der Waals surface area contributed by atoms with Crippen LogP contribution in [-0.2, 0) is 30.6 Å². The number of thiazole rings is 1.